The molecule has 0 radical (unpaired) electrons. The van der Waals surface area contributed by atoms with Gasteiger partial charge in [-0.25, -0.2) is 12.2 Å². The van der Waals surface area contributed by atoms with Crippen LogP contribution in [0.3, 0.4) is 0 Å². The van der Waals surface area contributed by atoms with E-state index in [1.807, 2.05) is 38.5 Å². The molecule has 0 N–H and O–H groups in total. The summed E-state index contributed by atoms with van der Waals surface area (Å²) < 4.78 is 0. The van der Waals surface area contributed by atoms with Crippen molar-refractivity contribution in [1.82, 2.24) is 0 Å². The third-order valence-corrected chi connectivity index (χ3v) is 3.20. The van der Waals surface area contributed by atoms with Crippen LogP contribution in [0.25, 0.3) is 11.1 Å². The second kappa shape index (κ2) is 12.5. The molecule has 0 atom stereocenters. The molecule has 2 aromatic carbocycles. The van der Waals surface area contributed by atoms with Crippen molar-refractivity contribution in [3.63, 3.8) is 0 Å². The third-order valence-electron chi connectivity index (χ3n) is 3.20. The molecule has 0 saturated carbocycles. The fraction of sp³-hybridized carbons (Fsp3) is 0.190. The Bertz CT molecular complexity index is 576. The summed E-state index contributed by atoms with van der Waals surface area (Å²) in [4.78, 5) is 0. The summed E-state index contributed by atoms with van der Waals surface area (Å²) in [5, 5.41) is 0. The Morgan fingerprint density at radius 2 is 1.70 bits per heavy atom. The third kappa shape index (κ3) is 6.62. The molecule has 0 aromatic heterocycles. The Morgan fingerprint density at radius 1 is 1.00 bits per heavy atom. The molecule has 2 aliphatic carbocycles. The van der Waals surface area contributed by atoms with Crippen LogP contribution in [0, 0.1) is 18.6 Å². The van der Waals surface area contributed by atoms with E-state index in [0.717, 1.165) is 12.8 Å². The van der Waals surface area contributed by atoms with Crippen molar-refractivity contribution < 1.29 is 38.6 Å². The van der Waals surface area contributed by atoms with Crippen LogP contribution in [-0.2, 0) is 32.6 Å². The predicted octanol–water partition coefficient (Wildman–Crippen LogP) is 2.60. The standard InChI is InChI=1S/C13H9.C5H5.C3H7.ClH.Zr/c1-3-7-12-10(5-1)9-11-6-2-4-8-13(11)12;1-2-4-5-3-1;1-3-2;;/h1-5,7-8H,9H2;1-3H,4H2;3H,1-2H3;1H;/q3*-1;;+4/p-1. The molecule has 0 bridgehead atoms. The van der Waals surface area contributed by atoms with E-state index in [9.17, 15) is 0 Å². The van der Waals surface area contributed by atoms with Crippen molar-refractivity contribution in [2.75, 3.05) is 0 Å². The van der Waals surface area contributed by atoms with Gasteiger partial charge < -0.3 is 18.8 Å². The van der Waals surface area contributed by atoms with E-state index in [1.54, 1.807) is 0 Å². The van der Waals surface area contributed by atoms with Crippen LogP contribution in [0.1, 0.15) is 31.4 Å². The Labute approximate surface area is 166 Å². The monoisotopic (exact) mass is 398 g/mol. The van der Waals surface area contributed by atoms with Crippen molar-refractivity contribution in [2.24, 2.45) is 0 Å². The smallest absolute Gasteiger partial charge is 1.00 e. The summed E-state index contributed by atoms with van der Waals surface area (Å²) >= 11 is 0. The number of hydrogen-bond donors (Lipinski definition) is 0. The zero-order valence-corrected chi connectivity index (χ0v) is 16.9. The summed E-state index contributed by atoms with van der Waals surface area (Å²) in [7, 11) is 0. The summed E-state index contributed by atoms with van der Waals surface area (Å²) in [6, 6.07) is 18.1. The first-order chi connectivity index (χ1) is 10.4. The maximum absolute atomic E-state index is 3.30. The van der Waals surface area contributed by atoms with Crippen LogP contribution in [0.2, 0.25) is 0 Å². The quantitative estimate of drug-likeness (QED) is 0.510. The number of fused-ring (bicyclic) bond motifs is 3. The minimum Gasteiger partial charge on any atom is -1.00 e. The molecule has 0 saturated heterocycles. The molecule has 23 heavy (non-hydrogen) atoms. The van der Waals surface area contributed by atoms with Gasteiger partial charge in [-0.2, -0.15) is 49.8 Å². The molecule has 2 heteroatoms. The van der Waals surface area contributed by atoms with Gasteiger partial charge in [0.25, 0.3) is 0 Å². The molecule has 116 valence electrons. The largest absolute Gasteiger partial charge is 4.00 e. The molecule has 2 aliphatic rings. The molecule has 4 rings (SSSR count). The van der Waals surface area contributed by atoms with Crippen LogP contribution in [-0.4, -0.2) is 0 Å². The van der Waals surface area contributed by atoms with E-state index in [1.165, 1.54) is 22.3 Å². The van der Waals surface area contributed by atoms with Gasteiger partial charge in [-0.15, -0.1) is 12.0 Å². The Morgan fingerprint density at radius 3 is 2.30 bits per heavy atom. The van der Waals surface area contributed by atoms with Gasteiger partial charge in [-0.3, -0.25) is 6.08 Å². The molecule has 0 heterocycles. The zero-order chi connectivity index (χ0) is 14.9. The number of hydrogen-bond acceptors (Lipinski definition) is 0. The van der Waals surface area contributed by atoms with Crippen molar-refractivity contribution >= 4 is 0 Å². The van der Waals surface area contributed by atoms with E-state index in [-0.39, 0.29) is 38.6 Å². The van der Waals surface area contributed by atoms with Gasteiger partial charge in [0.2, 0.25) is 0 Å². The molecule has 2 aromatic rings. The summed E-state index contributed by atoms with van der Waals surface area (Å²) in [5.74, 6) is 0. The van der Waals surface area contributed by atoms with E-state index >= 15 is 0 Å². The SMILES string of the molecule is C[CH-]C.[C-]1=CC=CC1.[Cl-].[Zr+4].[c-]1cccc2c1Cc1ccccc1-2. The van der Waals surface area contributed by atoms with Crippen LogP contribution < -0.4 is 12.4 Å². The average Bonchev–Trinajstić information content (AvgIpc) is 3.19. The average molecular weight is 400 g/mol. The van der Waals surface area contributed by atoms with Crippen LogP contribution in [0.4, 0.5) is 0 Å². The maximum atomic E-state index is 3.30. The van der Waals surface area contributed by atoms with Gasteiger partial charge in [0, 0.05) is 0 Å². The first-order valence-corrected chi connectivity index (χ1v) is 7.40. The number of allylic oxidation sites excluding steroid dienone is 4. The summed E-state index contributed by atoms with van der Waals surface area (Å²) in [6.45, 7) is 4.00. The van der Waals surface area contributed by atoms with Gasteiger partial charge in [-0.1, -0.05) is 35.4 Å². The fourth-order valence-corrected chi connectivity index (χ4v) is 2.34. The molecular weight excluding hydrogens is 379 g/mol. The molecule has 0 aliphatic heterocycles. The van der Waals surface area contributed by atoms with Gasteiger partial charge in [-0.05, 0) is 6.42 Å². The van der Waals surface area contributed by atoms with Crippen molar-refractivity contribution in [2.45, 2.75) is 26.7 Å². The summed E-state index contributed by atoms with van der Waals surface area (Å²) in [6.07, 6.45) is 13.0. The van der Waals surface area contributed by atoms with Gasteiger partial charge in [0.15, 0.2) is 0 Å². The Hall–Kier alpha value is -0.907. The molecule has 0 spiro atoms. The van der Waals surface area contributed by atoms with E-state index < -0.39 is 0 Å². The van der Waals surface area contributed by atoms with Gasteiger partial charge in [0.1, 0.15) is 0 Å². The summed E-state index contributed by atoms with van der Waals surface area (Å²) in [5.41, 5.74) is 5.51. The van der Waals surface area contributed by atoms with Gasteiger partial charge >= 0.3 is 26.2 Å². The number of benzene rings is 2. The molecule has 0 nitrogen and oxygen atoms in total. The van der Waals surface area contributed by atoms with Crippen molar-refractivity contribution in [1.29, 1.82) is 0 Å². The minimum absolute atomic E-state index is 0. The Kier molecular flexibility index (Phi) is 12.0. The topological polar surface area (TPSA) is 0 Å². The fourth-order valence-electron chi connectivity index (χ4n) is 2.34. The second-order valence-electron chi connectivity index (χ2n) is 4.98. The van der Waals surface area contributed by atoms with E-state index in [4.69, 9.17) is 0 Å². The number of rotatable bonds is 0. The zero-order valence-electron chi connectivity index (χ0n) is 13.6. The van der Waals surface area contributed by atoms with Crippen LogP contribution in [0.15, 0.2) is 60.7 Å². The minimum atomic E-state index is 0. The Balaban J connectivity index is 0.000000413. The first kappa shape index (κ1) is 22.1. The maximum Gasteiger partial charge on any atom is 4.00 e. The molecule has 0 fully saturated rings. The van der Waals surface area contributed by atoms with Crippen molar-refractivity contribution in [3.05, 3.63) is 90.4 Å². The van der Waals surface area contributed by atoms with E-state index in [2.05, 4.69) is 54.6 Å². The van der Waals surface area contributed by atoms with Crippen LogP contribution in [0.5, 0.6) is 0 Å². The van der Waals surface area contributed by atoms with Gasteiger partial charge in [0.05, 0.1) is 0 Å². The second-order valence-corrected chi connectivity index (χ2v) is 4.98. The first-order valence-electron chi connectivity index (χ1n) is 7.40. The van der Waals surface area contributed by atoms with E-state index in [0.29, 0.717) is 0 Å². The predicted molar refractivity (Wildman–Crippen MR) is 90.7 cm³/mol. The molecule has 0 unspecified atom stereocenters. The number of halogens is 1. The molecular formula is C21H21ClZr. The van der Waals surface area contributed by atoms with Crippen LogP contribution >= 0.6 is 0 Å². The molecule has 0 amide bonds. The normalized spacial score (nSPS) is 11.6. The van der Waals surface area contributed by atoms with Crippen molar-refractivity contribution in [3.8, 4) is 11.1 Å².